The highest BCUT2D eigenvalue weighted by molar-refractivity contribution is 5.69. The van der Waals surface area contributed by atoms with E-state index in [1.54, 1.807) is 29.2 Å². The molecule has 0 aliphatic carbocycles. The van der Waals surface area contributed by atoms with Crippen LogP contribution in [-0.2, 0) is 11.3 Å². The molecule has 0 aromatic heterocycles. The van der Waals surface area contributed by atoms with Crippen molar-refractivity contribution in [2.45, 2.75) is 6.54 Å². The fraction of sp³-hybridized carbons (Fsp3) is 0.286. The van der Waals surface area contributed by atoms with Gasteiger partial charge < -0.3 is 9.84 Å². The molecule has 0 unspecified atom stereocenters. The Labute approximate surface area is 112 Å². The molecule has 0 heterocycles. The molecule has 19 heavy (non-hydrogen) atoms. The van der Waals surface area contributed by atoms with E-state index in [0.717, 1.165) is 5.56 Å². The molecule has 0 fully saturated rings. The van der Waals surface area contributed by atoms with E-state index in [0.29, 0.717) is 24.4 Å². The second-order valence-electron chi connectivity index (χ2n) is 4.00. The number of nitrogens with zero attached hydrogens (tertiary/aromatic N) is 2. The summed E-state index contributed by atoms with van der Waals surface area (Å²) < 4.78 is 5.12. The van der Waals surface area contributed by atoms with Crippen molar-refractivity contribution in [3.63, 3.8) is 0 Å². The Morgan fingerprint density at radius 1 is 1.63 bits per heavy atom. The normalized spacial score (nSPS) is 9.95. The first-order chi connectivity index (χ1) is 9.10. The standard InChI is InChI=1S/C14H16N2O3/c1-3-6-16(10-14(17)18)9-11-4-5-12(8-15)13(7-11)19-2/h3-5,7H,1,6,9-10H2,2H3,(H,17,18). The molecule has 5 nitrogen and oxygen atoms in total. The SMILES string of the molecule is C=CCN(CC(=O)O)Cc1ccc(C#N)c(OC)c1. The summed E-state index contributed by atoms with van der Waals surface area (Å²) >= 11 is 0. The summed E-state index contributed by atoms with van der Waals surface area (Å²) in [5.74, 6) is -0.392. The Balaban J connectivity index is 2.87. The van der Waals surface area contributed by atoms with Gasteiger partial charge in [0, 0.05) is 13.1 Å². The summed E-state index contributed by atoms with van der Waals surface area (Å²) in [6, 6.07) is 7.24. The number of nitriles is 1. The van der Waals surface area contributed by atoms with Gasteiger partial charge in [-0.3, -0.25) is 9.69 Å². The Morgan fingerprint density at radius 2 is 2.37 bits per heavy atom. The smallest absolute Gasteiger partial charge is 0.317 e. The number of carboxylic acid groups (broad SMARTS) is 1. The number of hydrogen-bond acceptors (Lipinski definition) is 4. The number of benzene rings is 1. The molecule has 1 rings (SSSR count). The van der Waals surface area contributed by atoms with Crippen LogP contribution in [-0.4, -0.2) is 36.2 Å². The predicted molar refractivity (Wildman–Crippen MR) is 70.8 cm³/mol. The van der Waals surface area contributed by atoms with Gasteiger partial charge in [0.05, 0.1) is 19.2 Å². The molecule has 100 valence electrons. The van der Waals surface area contributed by atoms with Gasteiger partial charge in [-0.05, 0) is 17.7 Å². The molecule has 5 heteroatoms. The van der Waals surface area contributed by atoms with Crippen molar-refractivity contribution in [1.29, 1.82) is 5.26 Å². The summed E-state index contributed by atoms with van der Waals surface area (Å²) in [4.78, 5) is 12.5. The lowest BCUT2D eigenvalue weighted by atomic mass is 10.1. The maximum Gasteiger partial charge on any atom is 0.317 e. The molecule has 1 aromatic carbocycles. The summed E-state index contributed by atoms with van der Waals surface area (Å²) in [5, 5.41) is 17.7. The van der Waals surface area contributed by atoms with Crippen LogP contribution < -0.4 is 4.74 Å². The van der Waals surface area contributed by atoms with Crippen molar-refractivity contribution in [2.24, 2.45) is 0 Å². The molecule has 0 saturated carbocycles. The van der Waals surface area contributed by atoms with Gasteiger partial charge >= 0.3 is 5.97 Å². The Morgan fingerprint density at radius 3 is 2.89 bits per heavy atom. The minimum atomic E-state index is -0.887. The number of hydrogen-bond donors (Lipinski definition) is 1. The van der Waals surface area contributed by atoms with E-state index in [4.69, 9.17) is 15.1 Å². The lowest BCUT2D eigenvalue weighted by Gasteiger charge is -2.18. The number of aliphatic carboxylic acids is 1. The van der Waals surface area contributed by atoms with E-state index in [1.807, 2.05) is 6.07 Å². The van der Waals surface area contributed by atoms with Gasteiger partial charge in [0.15, 0.2) is 0 Å². The van der Waals surface area contributed by atoms with Crippen LogP contribution in [0.5, 0.6) is 5.75 Å². The van der Waals surface area contributed by atoms with Gasteiger partial charge in [-0.1, -0.05) is 12.1 Å². The average molecular weight is 260 g/mol. The first-order valence-corrected chi connectivity index (χ1v) is 5.72. The summed E-state index contributed by atoms with van der Waals surface area (Å²) in [6.45, 7) is 4.49. The highest BCUT2D eigenvalue weighted by Crippen LogP contribution is 2.20. The molecule has 0 amide bonds. The third kappa shape index (κ3) is 4.45. The van der Waals surface area contributed by atoms with Crippen molar-refractivity contribution < 1.29 is 14.6 Å². The molecule has 0 radical (unpaired) electrons. The van der Waals surface area contributed by atoms with Crippen molar-refractivity contribution in [2.75, 3.05) is 20.2 Å². The van der Waals surface area contributed by atoms with Crippen LogP contribution in [0, 0.1) is 11.3 Å². The van der Waals surface area contributed by atoms with Crippen LogP contribution in [0.1, 0.15) is 11.1 Å². The molecule has 0 bridgehead atoms. The molecule has 0 aliphatic rings. The van der Waals surface area contributed by atoms with Crippen molar-refractivity contribution in [1.82, 2.24) is 4.90 Å². The second kappa shape index (κ2) is 7.19. The number of ether oxygens (including phenoxy) is 1. The first-order valence-electron chi connectivity index (χ1n) is 5.72. The molecular weight excluding hydrogens is 244 g/mol. The van der Waals surface area contributed by atoms with Crippen LogP contribution in [0.2, 0.25) is 0 Å². The van der Waals surface area contributed by atoms with Crippen LogP contribution >= 0.6 is 0 Å². The highest BCUT2D eigenvalue weighted by Gasteiger charge is 2.10. The van der Waals surface area contributed by atoms with Gasteiger partial charge in [0.25, 0.3) is 0 Å². The zero-order valence-electron chi connectivity index (χ0n) is 10.8. The zero-order chi connectivity index (χ0) is 14.3. The van der Waals surface area contributed by atoms with E-state index in [2.05, 4.69) is 6.58 Å². The van der Waals surface area contributed by atoms with Crippen molar-refractivity contribution in [3.05, 3.63) is 42.0 Å². The topological polar surface area (TPSA) is 73.6 Å². The van der Waals surface area contributed by atoms with Crippen LogP contribution in [0.3, 0.4) is 0 Å². The molecule has 1 aromatic rings. The minimum absolute atomic E-state index is 0.0612. The van der Waals surface area contributed by atoms with Crippen molar-refractivity contribution >= 4 is 5.97 Å². The van der Waals surface area contributed by atoms with E-state index in [-0.39, 0.29) is 6.54 Å². The van der Waals surface area contributed by atoms with Crippen LogP contribution in [0.4, 0.5) is 0 Å². The summed E-state index contributed by atoms with van der Waals surface area (Å²) in [6.07, 6.45) is 1.66. The first kappa shape index (κ1) is 14.7. The summed E-state index contributed by atoms with van der Waals surface area (Å²) in [7, 11) is 1.50. The Kier molecular flexibility index (Phi) is 5.58. The quantitative estimate of drug-likeness (QED) is 0.754. The third-order valence-electron chi connectivity index (χ3n) is 2.54. The fourth-order valence-corrected chi connectivity index (χ4v) is 1.74. The van der Waals surface area contributed by atoms with E-state index in [9.17, 15) is 4.79 Å². The second-order valence-corrected chi connectivity index (χ2v) is 4.00. The molecule has 0 aliphatic heterocycles. The maximum atomic E-state index is 10.8. The third-order valence-corrected chi connectivity index (χ3v) is 2.54. The number of rotatable bonds is 7. The number of methoxy groups -OCH3 is 1. The van der Waals surface area contributed by atoms with E-state index >= 15 is 0 Å². The Bertz CT molecular complexity index is 506. The number of carboxylic acids is 1. The fourth-order valence-electron chi connectivity index (χ4n) is 1.74. The molecule has 0 saturated heterocycles. The average Bonchev–Trinajstić information content (AvgIpc) is 2.38. The van der Waals surface area contributed by atoms with Gasteiger partial charge in [-0.15, -0.1) is 6.58 Å². The zero-order valence-corrected chi connectivity index (χ0v) is 10.8. The monoisotopic (exact) mass is 260 g/mol. The predicted octanol–water partition coefficient (Wildman–Crippen LogP) is 1.64. The lowest BCUT2D eigenvalue weighted by molar-refractivity contribution is -0.138. The molecule has 0 atom stereocenters. The molecule has 0 spiro atoms. The van der Waals surface area contributed by atoms with Crippen molar-refractivity contribution in [3.8, 4) is 11.8 Å². The van der Waals surface area contributed by atoms with Gasteiger partial charge in [0.2, 0.25) is 0 Å². The van der Waals surface area contributed by atoms with E-state index < -0.39 is 5.97 Å². The van der Waals surface area contributed by atoms with Crippen LogP contribution in [0.25, 0.3) is 0 Å². The van der Waals surface area contributed by atoms with Gasteiger partial charge in [-0.25, -0.2) is 0 Å². The number of carbonyl (C=O) groups is 1. The lowest BCUT2D eigenvalue weighted by Crippen LogP contribution is -2.29. The highest BCUT2D eigenvalue weighted by atomic mass is 16.5. The van der Waals surface area contributed by atoms with Gasteiger partial charge in [-0.2, -0.15) is 5.26 Å². The minimum Gasteiger partial charge on any atom is -0.495 e. The largest absolute Gasteiger partial charge is 0.495 e. The maximum absolute atomic E-state index is 10.8. The Hall–Kier alpha value is -2.32. The molecule has 1 N–H and O–H groups in total. The van der Waals surface area contributed by atoms with Crippen LogP contribution in [0.15, 0.2) is 30.9 Å². The van der Waals surface area contributed by atoms with Gasteiger partial charge in [0.1, 0.15) is 11.8 Å². The molecular formula is C14H16N2O3. The van der Waals surface area contributed by atoms with E-state index in [1.165, 1.54) is 7.11 Å². The summed E-state index contributed by atoms with van der Waals surface area (Å²) in [5.41, 5.74) is 1.35.